The van der Waals surface area contributed by atoms with Gasteiger partial charge in [0.25, 0.3) is 0 Å². The molecule has 1 saturated heterocycles. The SMILES string of the molecule is CCC(Oc1ccc(C(C)(C)CC)cc1C(C)(C)CC)C(=O)[N+]1(c2ccccc2)CCNCC1. The van der Waals surface area contributed by atoms with Gasteiger partial charge in [-0.3, -0.25) is 0 Å². The van der Waals surface area contributed by atoms with Crippen LogP contribution in [-0.4, -0.2) is 38.2 Å². The van der Waals surface area contributed by atoms with Crippen LogP contribution in [0.4, 0.5) is 5.69 Å². The maximum absolute atomic E-state index is 14.2. The Hall–Kier alpha value is -2.17. The van der Waals surface area contributed by atoms with E-state index in [2.05, 4.69) is 84.1 Å². The number of hydrogen-bond acceptors (Lipinski definition) is 3. The van der Waals surface area contributed by atoms with E-state index in [9.17, 15) is 4.79 Å². The molecule has 34 heavy (non-hydrogen) atoms. The molecule has 1 aliphatic heterocycles. The Kier molecular flexibility index (Phi) is 8.26. The highest BCUT2D eigenvalue weighted by molar-refractivity contribution is 5.92. The predicted octanol–water partition coefficient (Wildman–Crippen LogP) is 6.36. The smallest absolute Gasteiger partial charge is 0.359 e. The van der Waals surface area contributed by atoms with E-state index >= 15 is 0 Å². The van der Waals surface area contributed by atoms with Gasteiger partial charge in [-0.2, -0.15) is 0 Å². The Morgan fingerprint density at radius 2 is 1.56 bits per heavy atom. The molecule has 0 bridgehead atoms. The molecule has 0 radical (unpaired) electrons. The zero-order chi connectivity index (χ0) is 25.0. The van der Waals surface area contributed by atoms with Crippen LogP contribution in [0.15, 0.2) is 48.5 Å². The van der Waals surface area contributed by atoms with Gasteiger partial charge in [0.1, 0.15) is 24.5 Å². The van der Waals surface area contributed by atoms with E-state index in [0.29, 0.717) is 10.9 Å². The Labute approximate surface area is 207 Å². The lowest BCUT2D eigenvalue weighted by molar-refractivity contribution is -0.138. The summed E-state index contributed by atoms with van der Waals surface area (Å²) in [5, 5.41) is 3.42. The molecular formula is C30H45N2O2+. The second-order valence-corrected chi connectivity index (χ2v) is 11.0. The fraction of sp³-hybridized carbons (Fsp3) is 0.567. The second kappa shape index (κ2) is 10.6. The molecule has 0 spiro atoms. The number of carbonyl (C=O) groups excluding carboxylic acids is 1. The van der Waals surface area contributed by atoms with Crippen LogP contribution in [0.25, 0.3) is 0 Å². The van der Waals surface area contributed by atoms with Gasteiger partial charge < -0.3 is 10.1 Å². The van der Waals surface area contributed by atoms with Crippen molar-refractivity contribution in [1.82, 2.24) is 9.80 Å². The zero-order valence-corrected chi connectivity index (χ0v) is 22.4. The quantitative estimate of drug-likeness (QED) is 0.438. The number of piperazine rings is 1. The molecule has 1 unspecified atom stereocenters. The largest absolute Gasteiger partial charge is 0.476 e. The van der Waals surface area contributed by atoms with E-state index in [1.807, 2.05) is 18.2 Å². The van der Waals surface area contributed by atoms with Crippen molar-refractivity contribution < 1.29 is 9.53 Å². The number of para-hydroxylation sites is 1. The number of hydrogen-bond donors (Lipinski definition) is 1. The van der Waals surface area contributed by atoms with Crippen LogP contribution >= 0.6 is 0 Å². The number of benzene rings is 2. The second-order valence-electron chi connectivity index (χ2n) is 11.0. The highest BCUT2D eigenvalue weighted by Gasteiger charge is 2.45. The number of amides is 1. The molecule has 1 amide bonds. The molecule has 1 aliphatic rings. The predicted molar refractivity (Wildman–Crippen MR) is 144 cm³/mol. The van der Waals surface area contributed by atoms with Crippen LogP contribution in [0.5, 0.6) is 5.75 Å². The van der Waals surface area contributed by atoms with Gasteiger partial charge in [-0.15, -0.1) is 0 Å². The van der Waals surface area contributed by atoms with E-state index in [4.69, 9.17) is 4.74 Å². The summed E-state index contributed by atoms with van der Waals surface area (Å²) in [4.78, 5) is 14.2. The molecule has 1 fully saturated rings. The van der Waals surface area contributed by atoms with Gasteiger partial charge in [0.15, 0.2) is 0 Å². The van der Waals surface area contributed by atoms with Crippen molar-refractivity contribution in [2.75, 3.05) is 26.2 Å². The lowest BCUT2D eigenvalue weighted by Crippen LogP contribution is -2.66. The molecule has 2 aromatic carbocycles. The molecule has 0 aromatic heterocycles. The van der Waals surface area contributed by atoms with Gasteiger partial charge in [-0.1, -0.05) is 78.8 Å². The van der Waals surface area contributed by atoms with Crippen molar-refractivity contribution in [2.24, 2.45) is 0 Å². The highest BCUT2D eigenvalue weighted by atomic mass is 16.5. The van der Waals surface area contributed by atoms with Gasteiger partial charge >= 0.3 is 5.91 Å². The van der Waals surface area contributed by atoms with Gasteiger partial charge in [-0.05, 0) is 53.9 Å². The molecule has 4 nitrogen and oxygen atoms in total. The normalized spacial score (nSPS) is 17.3. The van der Waals surface area contributed by atoms with Crippen LogP contribution < -0.4 is 14.5 Å². The molecule has 1 heterocycles. The van der Waals surface area contributed by atoms with Crippen LogP contribution in [0.3, 0.4) is 0 Å². The molecular weight excluding hydrogens is 420 g/mol. The average molecular weight is 466 g/mol. The van der Waals surface area contributed by atoms with Crippen LogP contribution in [0.1, 0.15) is 78.9 Å². The molecule has 0 saturated carbocycles. The minimum absolute atomic E-state index is 0.0444. The summed E-state index contributed by atoms with van der Waals surface area (Å²) in [7, 11) is 0. The fourth-order valence-corrected chi connectivity index (χ4v) is 4.81. The summed E-state index contributed by atoms with van der Waals surface area (Å²) in [5.41, 5.74) is 3.64. The molecule has 3 rings (SSSR count). The van der Waals surface area contributed by atoms with Gasteiger partial charge in [0, 0.05) is 18.7 Å². The monoisotopic (exact) mass is 465 g/mol. The van der Waals surface area contributed by atoms with Gasteiger partial charge in [0.05, 0.1) is 0 Å². The number of nitrogens with one attached hydrogen (secondary N) is 1. The van der Waals surface area contributed by atoms with Crippen LogP contribution in [0, 0.1) is 0 Å². The van der Waals surface area contributed by atoms with Crippen molar-refractivity contribution in [3.8, 4) is 5.75 Å². The van der Waals surface area contributed by atoms with Crippen LogP contribution in [-0.2, 0) is 15.6 Å². The summed E-state index contributed by atoms with van der Waals surface area (Å²) >= 11 is 0. The number of rotatable bonds is 9. The van der Waals surface area contributed by atoms with Crippen LogP contribution in [0.2, 0.25) is 0 Å². The van der Waals surface area contributed by atoms with E-state index in [1.54, 1.807) is 0 Å². The number of carbonyl (C=O) groups is 1. The van der Waals surface area contributed by atoms with Crippen molar-refractivity contribution in [3.63, 3.8) is 0 Å². The molecule has 1 atom stereocenters. The number of quaternary nitrogens is 1. The Bertz CT molecular complexity index is 959. The summed E-state index contributed by atoms with van der Waals surface area (Å²) in [6, 6.07) is 16.9. The third kappa shape index (κ3) is 5.23. The van der Waals surface area contributed by atoms with E-state index in [0.717, 1.165) is 50.5 Å². The molecule has 2 aromatic rings. The van der Waals surface area contributed by atoms with Crippen molar-refractivity contribution in [3.05, 3.63) is 59.7 Å². The third-order valence-corrected chi connectivity index (χ3v) is 8.19. The minimum Gasteiger partial charge on any atom is -0.476 e. The van der Waals surface area contributed by atoms with E-state index in [-0.39, 0.29) is 16.7 Å². The first-order valence-electron chi connectivity index (χ1n) is 13.1. The summed E-state index contributed by atoms with van der Waals surface area (Å²) in [6.45, 7) is 18.8. The van der Waals surface area contributed by atoms with E-state index in [1.165, 1.54) is 11.1 Å². The maximum atomic E-state index is 14.2. The third-order valence-electron chi connectivity index (χ3n) is 8.19. The zero-order valence-electron chi connectivity index (χ0n) is 22.4. The fourth-order valence-electron chi connectivity index (χ4n) is 4.81. The Morgan fingerprint density at radius 3 is 2.12 bits per heavy atom. The average Bonchev–Trinajstić information content (AvgIpc) is 2.87. The summed E-state index contributed by atoms with van der Waals surface area (Å²) in [5.74, 6) is 1.01. The lowest BCUT2D eigenvalue weighted by atomic mass is 9.76. The van der Waals surface area contributed by atoms with Crippen molar-refractivity contribution >= 4 is 11.6 Å². The molecule has 186 valence electrons. The maximum Gasteiger partial charge on any atom is 0.359 e. The van der Waals surface area contributed by atoms with Crippen molar-refractivity contribution in [1.29, 1.82) is 0 Å². The summed E-state index contributed by atoms with van der Waals surface area (Å²) < 4.78 is 7.01. The molecule has 1 N–H and O–H groups in total. The standard InChI is InChI=1S/C30H45N2O2/c1-8-26(28(33)32(20-18-31-19-21-32)24-14-12-11-13-15-24)34-27-17-16-23(29(4,5)9-2)22-25(27)30(6,7)10-3/h11-17,22,26,31H,8-10,18-21H2,1-7H3/q+1. The first kappa shape index (κ1) is 26.4. The van der Waals surface area contributed by atoms with Crippen molar-refractivity contribution in [2.45, 2.75) is 84.7 Å². The minimum atomic E-state index is -0.491. The number of ether oxygens (including phenoxy) is 1. The first-order chi connectivity index (χ1) is 16.1. The van der Waals surface area contributed by atoms with E-state index < -0.39 is 6.10 Å². The molecule has 4 heteroatoms. The highest BCUT2D eigenvalue weighted by Crippen LogP contribution is 2.39. The Morgan fingerprint density at radius 1 is 0.941 bits per heavy atom. The Balaban J connectivity index is 2.01. The lowest BCUT2D eigenvalue weighted by Gasteiger charge is -2.40. The topological polar surface area (TPSA) is 38.3 Å². The summed E-state index contributed by atoms with van der Waals surface area (Å²) in [6.07, 6.45) is 2.22. The number of nitrogens with zero attached hydrogens (tertiary/aromatic N) is 1. The van der Waals surface area contributed by atoms with Gasteiger partial charge in [-0.25, -0.2) is 9.28 Å². The van der Waals surface area contributed by atoms with Gasteiger partial charge in [0.2, 0.25) is 6.10 Å². The first-order valence-corrected chi connectivity index (χ1v) is 13.1. The molecule has 0 aliphatic carbocycles.